The summed E-state index contributed by atoms with van der Waals surface area (Å²) in [5.74, 6) is -0.0329. The van der Waals surface area contributed by atoms with E-state index >= 15 is 0 Å². The highest BCUT2D eigenvalue weighted by Crippen LogP contribution is 2.41. The lowest BCUT2D eigenvalue weighted by atomic mass is 10.0. The minimum atomic E-state index is -0.662. The summed E-state index contributed by atoms with van der Waals surface area (Å²) >= 11 is 0. The first-order chi connectivity index (χ1) is 13.4. The highest BCUT2D eigenvalue weighted by molar-refractivity contribution is 5.92. The van der Waals surface area contributed by atoms with Gasteiger partial charge in [-0.15, -0.1) is 0 Å². The van der Waals surface area contributed by atoms with Crippen LogP contribution in [0.1, 0.15) is 25.0 Å². The van der Waals surface area contributed by atoms with Crippen molar-refractivity contribution in [1.29, 1.82) is 5.26 Å². The highest BCUT2D eigenvalue weighted by Gasteiger charge is 2.32. The number of ether oxygens (including phenoxy) is 3. The van der Waals surface area contributed by atoms with Gasteiger partial charge in [0, 0.05) is 17.7 Å². The molecule has 0 bridgehead atoms. The molecule has 7 heteroatoms. The van der Waals surface area contributed by atoms with Gasteiger partial charge in [0.1, 0.15) is 5.60 Å². The zero-order valence-electron chi connectivity index (χ0n) is 15.7. The molecule has 144 valence electrons. The number of hydrogen-bond acceptors (Lipinski definition) is 6. The Morgan fingerprint density at radius 1 is 1.18 bits per heavy atom. The van der Waals surface area contributed by atoms with Gasteiger partial charge >= 0.3 is 5.97 Å². The summed E-state index contributed by atoms with van der Waals surface area (Å²) in [4.78, 5) is 23.7. The molecule has 1 N–H and O–H groups in total. The molecule has 0 unspecified atom stereocenters. The SMILES string of the molecule is CC1(C)Cc2cccc(OCC(=O)OCC(=O)Nc3ccc(C#N)cc3)c2O1. The molecule has 3 rings (SSSR count). The Balaban J connectivity index is 1.46. The fourth-order valence-electron chi connectivity index (χ4n) is 2.85. The van der Waals surface area contributed by atoms with E-state index in [1.54, 1.807) is 30.3 Å². The first kappa shape index (κ1) is 19.2. The number of nitrogens with one attached hydrogen (secondary N) is 1. The molecule has 0 atom stereocenters. The second-order valence-electron chi connectivity index (χ2n) is 6.97. The molecule has 0 fully saturated rings. The average molecular weight is 380 g/mol. The molecular formula is C21H20N2O5. The number of benzene rings is 2. The summed E-state index contributed by atoms with van der Waals surface area (Å²) in [6, 6.07) is 13.9. The van der Waals surface area contributed by atoms with Crippen molar-refractivity contribution >= 4 is 17.6 Å². The lowest BCUT2D eigenvalue weighted by molar-refractivity contribution is -0.149. The molecule has 2 aromatic carbocycles. The number of hydrogen-bond donors (Lipinski definition) is 1. The Morgan fingerprint density at radius 2 is 1.93 bits per heavy atom. The summed E-state index contributed by atoms with van der Waals surface area (Å²) in [5.41, 5.74) is 1.71. The monoisotopic (exact) mass is 380 g/mol. The summed E-state index contributed by atoms with van der Waals surface area (Å²) < 4.78 is 16.3. The number of nitrogens with zero attached hydrogens (tertiary/aromatic N) is 1. The smallest absolute Gasteiger partial charge is 0.344 e. The van der Waals surface area contributed by atoms with E-state index in [9.17, 15) is 9.59 Å². The van der Waals surface area contributed by atoms with Crippen LogP contribution in [0.15, 0.2) is 42.5 Å². The first-order valence-corrected chi connectivity index (χ1v) is 8.76. The summed E-state index contributed by atoms with van der Waals surface area (Å²) in [6.45, 7) is 3.21. The topological polar surface area (TPSA) is 97.6 Å². The number of anilines is 1. The summed E-state index contributed by atoms with van der Waals surface area (Å²) in [6.07, 6.45) is 0.763. The standard InChI is InChI=1S/C21H20N2O5/c1-21(2)10-15-4-3-5-17(20(15)28-21)26-13-19(25)27-12-18(24)23-16-8-6-14(11-22)7-9-16/h3-9H,10,12-13H2,1-2H3,(H,23,24). The van der Waals surface area contributed by atoms with Gasteiger partial charge in [-0.1, -0.05) is 12.1 Å². The molecule has 1 aliphatic heterocycles. The fraction of sp³-hybridized carbons (Fsp3) is 0.286. The molecule has 1 heterocycles. The van der Waals surface area contributed by atoms with Crippen LogP contribution in [0.3, 0.4) is 0 Å². The number of para-hydroxylation sites is 1. The number of carbonyl (C=O) groups excluding carboxylic acids is 2. The molecule has 28 heavy (non-hydrogen) atoms. The number of amides is 1. The lowest BCUT2D eigenvalue weighted by Gasteiger charge is -2.18. The number of carbonyl (C=O) groups is 2. The van der Waals surface area contributed by atoms with Gasteiger partial charge in [0.15, 0.2) is 24.7 Å². The first-order valence-electron chi connectivity index (χ1n) is 8.76. The van der Waals surface area contributed by atoms with E-state index in [1.807, 2.05) is 32.0 Å². The van der Waals surface area contributed by atoms with Crippen LogP contribution < -0.4 is 14.8 Å². The van der Waals surface area contributed by atoms with Crippen LogP contribution >= 0.6 is 0 Å². The summed E-state index contributed by atoms with van der Waals surface area (Å²) in [7, 11) is 0. The van der Waals surface area contributed by atoms with Crippen LogP contribution in [0.25, 0.3) is 0 Å². The second kappa shape index (κ2) is 8.01. The Labute approximate surface area is 162 Å². The van der Waals surface area contributed by atoms with Gasteiger partial charge in [0.25, 0.3) is 5.91 Å². The van der Waals surface area contributed by atoms with Crippen LogP contribution in [-0.4, -0.2) is 30.7 Å². The molecule has 0 radical (unpaired) electrons. The van der Waals surface area contributed by atoms with Gasteiger partial charge in [-0.2, -0.15) is 5.26 Å². The summed E-state index contributed by atoms with van der Waals surface area (Å²) in [5, 5.41) is 11.3. The molecule has 0 saturated heterocycles. The van der Waals surface area contributed by atoms with E-state index in [1.165, 1.54) is 0 Å². The van der Waals surface area contributed by atoms with E-state index in [0.717, 1.165) is 12.0 Å². The van der Waals surface area contributed by atoms with Crippen LogP contribution in [0.4, 0.5) is 5.69 Å². The zero-order chi connectivity index (χ0) is 20.1. The maximum atomic E-state index is 11.9. The average Bonchev–Trinajstić information content (AvgIpc) is 2.99. The van der Waals surface area contributed by atoms with Crippen LogP contribution in [0.5, 0.6) is 11.5 Å². The van der Waals surface area contributed by atoms with Crippen LogP contribution in [-0.2, 0) is 20.7 Å². The van der Waals surface area contributed by atoms with Gasteiger partial charge in [-0.25, -0.2) is 4.79 Å². The zero-order valence-corrected chi connectivity index (χ0v) is 15.7. The number of rotatable bonds is 6. The van der Waals surface area contributed by atoms with Gasteiger partial charge in [0.05, 0.1) is 11.6 Å². The Bertz CT molecular complexity index is 929. The third-order valence-electron chi connectivity index (χ3n) is 4.06. The molecule has 0 aliphatic carbocycles. The van der Waals surface area contributed by atoms with E-state index < -0.39 is 18.5 Å². The Morgan fingerprint density at radius 3 is 2.64 bits per heavy atom. The predicted molar refractivity (Wildman–Crippen MR) is 101 cm³/mol. The van der Waals surface area contributed by atoms with Crippen molar-refractivity contribution in [3.63, 3.8) is 0 Å². The number of nitriles is 1. The van der Waals surface area contributed by atoms with Crippen molar-refractivity contribution < 1.29 is 23.8 Å². The van der Waals surface area contributed by atoms with Crippen LogP contribution in [0.2, 0.25) is 0 Å². The van der Waals surface area contributed by atoms with Crippen molar-refractivity contribution in [1.82, 2.24) is 0 Å². The van der Waals surface area contributed by atoms with Gasteiger partial charge in [-0.3, -0.25) is 4.79 Å². The molecule has 1 amide bonds. The maximum absolute atomic E-state index is 11.9. The van der Waals surface area contributed by atoms with Crippen molar-refractivity contribution in [2.75, 3.05) is 18.5 Å². The van der Waals surface area contributed by atoms with E-state index in [-0.39, 0.29) is 12.2 Å². The van der Waals surface area contributed by atoms with E-state index in [0.29, 0.717) is 22.7 Å². The van der Waals surface area contributed by atoms with Crippen molar-refractivity contribution in [3.8, 4) is 17.6 Å². The molecule has 7 nitrogen and oxygen atoms in total. The fourth-order valence-corrected chi connectivity index (χ4v) is 2.85. The van der Waals surface area contributed by atoms with Gasteiger partial charge in [0.2, 0.25) is 0 Å². The van der Waals surface area contributed by atoms with Gasteiger partial charge in [-0.05, 0) is 44.2 Å². The molecule has 0 spiro atoms. The van der Waals surface area contributed by atoms with Crippen molar-refractivity contribution in [3.05, 3.63) is 53.6 Å². The molecule has 0 aromatic heterocycles. The normalized spacial score (nSPS) is 13.6. The predicted octanol–water partition coefficient (Wildman–Crippen LogP) is 2.83. The molecule has 2 aromatic rings. The molecule has 0 saturated carbocycles. The Kier molecular flexibility index (Phi) is 5.50. The van der Waals surface area contributed by atoms with E-state index in [4.69, 9.17) is 19.5 Å². The third kappa shape index (κ3) is 4.80. The largest absolute Gasteiger partial charge is 0.483 e. The maximum Gasteiger partial charge on any atom is 0.344 e. The minimum absolute atomic E-state index is 0.314. The van der Waals surface area contributed by atoms with Crippen molar-refractivity contribution in [2.45, 2.75) is 25.9 Å². The van der Waals surface area contributed by atoms with Crippen molar-refractivity contribution in [2.24, 2.45) is 0 Å². The number of fused-ring (bicyclic) bond motifs is 1. The lowest BCUT2D eigenvalue weighted by Crippen LogP contribution is -2.25. The van der Waals surface area contributed by atoms with Gasteiger partial charge < -0.3 is 19.5 Å². The Hall–Kier alpha value is -3.53. The minimum Gasteiger partial charge on any atom is -0.483 e. The highest BCUT2D eigenvalue weighted by atomic mass is 16.6. The van der Waals surface area contributed by atoms with E-state index in [2.05, 4.69) is 5.32 Å². The second-order valence-corrected chi connectivity index (χ2v) is 6.97. The quantitative estimate of drug-likeness (QED) is 0.774. The van der Waals surface area contributed by atoms with Crippen LogP contribution in [0, 0.1) is 11.3 Å². The number of esters is 1. The molecular weight excluding hydrogens is 360 g/mol. The third-order valence-corrected chi connectivity index (χ3v) is 4.06. The molecule has 1 aliphatic rings.